The quantitative estimate of drug-likeness (QED) is 0.410. The van der Waals surface area contributed by atoms with E-state index in [4.69, 9.17) is 0 Å². The van der Waals surface area contributed by atoms with Gasteiger partial charge in [0.2, 0.25) is 0 Å². The third-order valence-electron chi connectivity index (χ3n) is 5.00. The number of piperidine rings is 1. The van der Waals surface area contributed by atoms with Crippen LogP contribution in [0.1, 0.15) is 29.7 Å². The monoisotopic (exact) mass is 406 g/mol. The number of anilines is 1. The van der Waals surface area contributed by atoms with Crippen LogP contribution in [0.4, 0.5) is 28.0 Å². The van der Waals surface area contributed by atoms with Crippen molar-refractivity contribution in [2.75, 3.05) is 18.0 Å². The smallest absolute Gasteiger partial charge is 0.323 e. The highest BCUT2D eigenvalue weighted by atomic mass is 19.4. The van der Waals surface area contributed by atoms with E-state index in [9.17, 15) is 23.2 Å². The molecule has 1 aliphatic rings. The second kappa shape index (κ2) is 7.70. The zero-order valence-electron chi connectivity index (χ0n) is 15.6. The van der Waals surface area contributed by atoms with Crippen LogP contribution in [0.5, 0.6) is 0 Å². The van der Waals surface area contributed by atoms with Crippen molar-refractivity contribution in [2.24, 2.45) is 0 Å². The largest absolute Gasteiger partial charge is 0.416 e. The minimum absolute atomic E-state index is 0.0167. The third kappa shape index (κ3) is 4.16. The summed E-state index contributed by atoms with van der Waals surface area (Å²) in [5, 5.41) is 9.35. The number of rotatable bonds is 2. The first-order valence-corrected chi connectivity index (χ1v) is 8.93. The van der Waals surface area contributed by atoms with Gasteiger partial charge in [0.15, 0.2) is 11.9 Å². The van der Waals surface area contributed by atoms with Crippen LogP contribution < -0.4 is 4.90 Å². The first kappa shape index (κ1) is 20.6. The zero-order valence-corrected chi connectivity index (χ0v) is 15.6. The summed E-state index contributed by atoms with van der Waals surface area (Å²) in [6, 6.07) is 6.51. The van der Waals surface area contributed by atoms with Crippen LogP contribution in [-0.2, 0) is 11.8 Å². The van der Waals surface area contributed by atoms with Gasteiger partial charge in [-0.25, -0.2) is 9.18 Å². The summed E-state index contributed by atoms with van der Waals surface area (Å²) in [6.45, 7) is 1.89. The summed E-state index contributed by atoms with van der Waals surface area (Å²) < 4.78 is 53.5. The molecule has 2 amide bonds. The van der Waals surface area contributed by atoms with Crippen LogP contribution in [0.2, 0.25) is 0 Å². The number of likely N-dealkylation sites (tertiary alicyclic amines) is 1. The standard InChI is InChI=1S/C20H18F4N4O/c1-14-3-2-10-26-17(14)19(21)8-11-27(12-9-19)18(29)28(13-25)16-6-4-15(5-7-16)20(22,23)24/h2-7,10H,8-9,11-12H2,1H3. The van der Waals surface area contributed by atoms with Gasteiger partial charge in [0.25, 0.3) is 0 Å². The van der Waals surface area contributed by atoms with E-state index in [2.05, 4.69) is 4.98 Å². The van der Waals surface area contributed by atoms with E-state index in [0.29, 0.717) is 10.6 Å². The minimum atomic E-state index is -4.51. The van der Waals surface area contributed by atoms with E-state index >= 15 is 4.39 Å². The minimum Gasteiger partial charge on any atom is -0.323 e. The van der Waals surface area contributed by atoms with Crippen molar-refractivity contribution < 1.29 is 22.4 Å². The second-order valence-electron chi connectivity index (χ2n) is 6.88. The van der Waals surface area contributed by atoms with Crippen LogP contribution in [0, 0.1) is 18.4 Å². The van der Waals surface area contributed by atoms with Gasteiger partial charge in [0, 0.05) is 32.1 Å². The summed E-state index contributed by atoms with van der Waals surface area (Å²) in [5.41, 5.74) is -1.47. The van der Waals surface area contributed by atoms with E-state index in [0.717, 1.165) is 29.8 Å². The average Bonchev–Trinajstić information content (AvgIpc) is 2.69. The lowest BCUT2D eigenvalue weighted by Crippen LogP contribution is -2.48. The van der Waals surface area contributed by atoms with Crippen LogP contribution in [-0.4, -0.2) is 29.0 Å². The van der Waals surface area contributed by atoms with Crippen molar-refractivity contribution in [3.63, 3.8) is 0 Å². The highest BCUT2D eigenvalue weighted by Crippen LogP contribution is 2.38. The molecule has 0 unspecified atom stereocenters. The van der Waals surface area contributed by atoms with Crippen LogP contribution in [0.25, 0.3) is 0 Å². The average molecular weight is 406 g/mol. The molecule has 1 aliphatic heterocycles. The fourth-order valence-corrected chi connectivity index (χ4v) is 3.40. The third-order valence-corrected chi connectivity index (χ3v) is 5.00. The Hall–Kier alpha value is -3.15. The number of hydrogen-bond donors (Lipinski definition) is 0. The van der Waals surface area contributed by atoms with E-state index < -0.39 is 23.4 Å². The van der Waals surface area contributed by atoms with Gasteiger partial charge in [-0.05, 0) is 42.8 Å². The Morgan fingerprint density at radius 3 is 2.34 bits per heavy atom. The number of alkyl halides is 4. The Balaban J connectivity index is 1.72. The summed E-state index contributed by atoms with van der Waals surface area (Å²) in [5.74, 6) is 0. The Labute approximate surface area is 165 Å². The van der Waals surface area contributed by atoms with Gasteiger partial charge in [0.1, 0.15) is 0 Å². The Morgan fingerprint density at radius 1 is 1.21 bits per heavy atom. The number of amides is 2. The molecular formula is C20H18F4N4O. The molecular weight excluding hydrogens is 388 g/mol. The van der Waals surface area contributed by atoms with E-state index in [-0.39, 0.29) is 31.6 Å². The first-order chi connectivity index (χ1) is 13.7. The number of hydrogen-bond acceptors (Lipinski definition) is 3. The van der Waals surface area contributed by atoms with Gasteiger partial charge in [-0.1, -0.05) is 6.07 Å². The molecule has 0 aliphatic carbocycles. The van der Waals surface area contributed by atoms with Crippen LogP contribution >= 0.6 is 0 Å². The highest BCUT2D eigenvalue weighted by molar-refractivity contribution is 5.94. The lowest BCUT2D eigenvalue weighted by Gasteiger charge is -2.37. The zero-order chi connectivity index (χ0) is 21.2. The van der Waals surface area contributed by atoms with Crippen LogP contribution in [0.3, 0.4) is 0 Å². The lowest BCUT2D eigenvalue weighted by molar-refractivity contribution is -0.137. The SMILES string of the molecule is Cc1cccnc1C1(F)CCN(C(=O)N(C#N)c2ccc(C(F)(F)F)cc2)CC1. The molecule has 9 heteroatoms. The van der Waals surface area contributed by atoms with Crippen LogP contribution in [0.15, 0.2) is 42.6 Å². The van der Waals surface area contributed by atoms with Gasteiger partial charge in [-0.3, -0.25) is 4.98 Å². The number of aromatic nitrogens is 1. The molecule has 0 spiro atoms. The molecule has 5 nitrogen and oxygen atoms in total. The van der Waals surface area contributed by atoms with Crippen molar-refractivity contribution >= 4 is 11.7 Å². The molecule has 0 N–H and O–H groups in total. The Bertz CT molecular complexity index is 929. The molecule has 1 aromatic carbocycles. The molecule has 1 saturated heterocycles. The van der Waals surface area contributed by atoms with E-state index in [1.165, 1.54) is 11.1 Å². The molecule has 2 aromatic rings. The lowest BCUT2D eigenvalue weighted by atomic mass is 9.87. The molecule has 29 heavy (non-hydrogen) atoms. The maximum atomic E-state index is 15.4. The van der Waals surface area contributed by atoms with Crippen molar-refractivity contribution in [2.45, 2.75) is 31.6 Å². The molecule has 2 heterocycles. The number of nitriles is 1. The number of pyridine rings is 1. The van der Waals surface area contributed by atoms with Gasteiger partial charge >= 0.3 is 12.2 Å². The molecule has 0 radical (unpaired) electrons. The van der Waals surface area contributed by atoms with Crippen molar-refractivity contribution in [1.29, 1.82) is 5.26 Å². The number of urea groups is 1. The van der Waals surface area contributed by atoms with Gasteiger partial charge < -0.3 is 4.90 Å². The van der Waals surface area contributed by atoms with Crippen molar-refractivity contribution in [3.8, 4) is 6.19 Å². The molecule has 152 valence electrons. The number of halogens is 4. The number of carbonyl (C=O) groups excluding carboxylic acids is 1. The van der Waals surface area contributed by atoms with Gasteiger partial charge in [-0.2, -0.15) is 23.3 Å². The molecule has 0 saturated carbocycles. The maximum absolute atomic E-state index is 15.4. The highest BCUT2D eigenvalue weighted by Gasteiger charge is 2.40. The summed E-state index contributed by atoms with van der Waals surface area (Å²) in [7, 11) is 0. The number of nitrogens with zero attached hydrogens (tertiary/aromatic N) is 4. The number of carbonyl (C=O) groups is 1. The summed E-state index contributed by atoms with van der Waals surface area (Å²) in [4.78, 5) is 18.9. The number of benzene rings is 1. The Morgan fingerprint density at radius 2 is 1.83 bits per heavy atom. The maximum Gasteiger partial charge on any atom is 0.416 e. The van der Waals surface area contributed by atoms with Gasteiger partial charge in [0.05, 0.1) is 16.9 Å². The van der Waals surface area contributed by atoms with E-state index in [1.54, 1.807) is 25.2 Å². The van der Waals surface area contributed by atoms with Crippen molar-refractivity contribution in [3.05, 3.63) is 59.4 Å². The topological polar surface area (TPSA) is 60.2 Å². The van der Waals surface area contributed by atoms with Crippen molar-refractivity contribution in [1.82, 2.24) is 9.88 Å². The molecule has 1 fully saturated rings. The fourth-order valence-electron chi connectivity index (χ4n) is 3.40. The molecule has 3 rings (SSSR count). The first-order valence-electron chi connectivity index (χ1n) is 8.93. The summed E-state index contributed by atoms with van der Waals surface area (Å²) in [6.07, 6.45) is -1.27. The molecule has 0 atom stereocenters. The summed E-state index contributed by atoms with van der Waals surface area (Å²) >= 11 is 0. The second-order valence-corrected chi connectivity index (χ2v) is 6.88. The normalized spacial score (nSPS) is 16.2. The molecule has 0 bridgehead atoms. The van der Waals surface area contributed by atoms with E-state index in [1.807, 2.05) is 0 Å². The predicted octanol–water partition coefficient (Wildman–Crippen LogP) is 4.78. The molecule has 1 aromatic heterocycles. The fraction of sp³-hybridized carbons (Fsp3) is 0.350. The van der Waals surface area contributed by atoms with Gasteiger partial charge in [-0.15, -0.1) is 0 Å². The Kier molecular flexibility index (Phi) is 5.46. The predicted molar refractivity (Wildman–Crippen MR) is 97.5 cm³/mol. The number of aryl methyl sites for hydroxylation is 1.